The first-order valence-electron chi connectivity index (χ1n) is 10.4. The number of aromatic nitrogens is 2. The zero-order chi connectivity index (χ0) is 22.5. The SMILES string of the molecule is CCCCn1c(N)c(N(Cc2ccco2)C(=O)c2cc(CCC)c(C)s2)c(=O)[nH]c1=O. The largest absolute Gasteiger partial charge is 0.467 e. The third-order valence-corrected chi connectivity index (χ3v) is 6.19. The van der Waals surface area contributed by atoms with Gasteiger partial charge in [-0.05, 0) is 43.5 Å². The Labute approximate surface area is 184 Å². The molecule has 0 unspecified atom stereocenters. The summed E-state index contributed by atoms with van der Waals surface area (Å²) in [4.78, 5) is 43.9. The summed E-state index contributed by atoms with van der Waals surface area (Å²) in [5, 5.41) is 0. The number of anilines is 2. The van der Waals surface area contributed by atoms with E-state index in [1.165, 1.54) is 27.1 Å². The molecule has 0 saturated heterocycles. The van der Waals surface area contributed by atoms with Crippen molar-refractivity contribution < 1.29 is 9.21 Å². The smallest absolute Gasteiger partial charge is 0.330 e. The summed E-state index contributed by atoms with van der Waals surface area (Å²) in [6.45, 7) is 6.43. The molecular formula is C22H28N4O4S. The van der Waals surface area contributed by atoms with Crippen molar-refractivity contribution >= 4 is 28.7 Å². The van der Waals surface area contributed by atoms with E-state index in [2.05, 4.69) is 11.9 Å². The standard InChI is InChI=1S/C22H28N4O4S/c1-4-6-10-25-19(23)18(20(27)24-22(25)29)26(13-16-9-7-11-30-16)21(28)17-12-15(8-5-2)14(3)31-17/h7,9,11-12H,4-6,8,10,13,23H2,1-3H3,(H,24,27,29). The van der Waals surface area contributed by atoms with E-state index in [1.54, 1.807) is 12.1 Å². The highest BCUT2D eigenvalue weighted by Crippen LogP contribution is 2.28. The molecule has 0 saturated carbocycles. The van der Waals surface area contributed by atoms with Gasteiger partial charge in [-0.15, -0.1) is 11.3 Å². The molecule has 0 aliphatic heterocycles. The van der Waals surface area contributed by atoms with Gasteiger partial charge in [0.05, 0.1) is 17.7 Å². The fourth-order valence-corrected chi connectivity index (χ4v) is 4.48. The maximum absolute atomic E-state index is 13.6. The van der Waals surface area contributed by atoms with Crippen molar-refractivity contribution in [2.75, 3.05) is 10.6 Å². The van der Waals surface area contributed by atoms with Crippen molar-refractivity contribution in [2.24, 2.45) is 0 Å². The number of carbonyl (C=O) groups is 1. The number of aromatic amines is 1. The van der Waals surface area contributed by atoms with E-state index in [-0.39, 0.29) is 24.0 Å². The van der Waals surface area contributed by atoms with Crippen LogP contribution in [0.25, 0.3) is 0 Å². The Morgan fingerprint density at radius 2 is 2.06 bits per heavy atom. The molecule has 0 aliphatic rings. The number of nitrogens with zero attached hydrogens (tertiary/aromatic N) is 2. The van der Waals surface area contributed by atoms with Gasteiger partial charge in [0, 0.05) is 11.4 Å². The highest BCUT2D eigenvalue weighted by molar-refractivity contribution is 7.14. The molecular weight excluding hydrogens is 416 g/mol. The molecule has 3 rings (SSSR count). The Morgan fingerprint density at radius 1 is 1.29 bits per heavy atom. The van der Waals surface area contributed by atoms with Gasteiger partial charge in [0.25, 0.3) is 11.5 Å². The summed E-state index contributed by atoms with van der Waals surface area (Å²) in [5.41, 5.74) is 6.07. The molecule has 0 aromatic carbocycles. The lowest BCUT2D eigenvalue weighted by molar-refractivity contribution is 0.0986. The highest BCUT2D eigenvalue weighted by atomic mass is 32.1. The Hall–Kier alpha value is -3.07. The number of hydrogen-bond donors (Lipinski definition) is 2. The minimum absolute atomic E-state index is 0.0190. The normalized spacial score (nSPS) is 11.1. The van der Waals surface area contributed by atoms with Crippen LogP contribution in [-0.4, -0.2) is 15.5 Å². The Kier molecular flexibility index (Phi) is 7.17. The minimum Gasteiger partial charge on any atom is -0.467 e. The molecule has 0 radical (unpaired) electrons. The molecule has 3 aromatic rings. The Bertz CT molecular complexity index is 1160. The third kappa shape index (κ3) is 4.82. The number of carbonyl (C=O) groups excluding carboxylic acids is 1. The van der Waals surface area contributed by atoms with Crippen LogP contribution in [0.15, 0.2) is 38.5 Å². The number of unbranched alkanes of at least 4 members (excludes halogenated alkanes) is 1. The zero-order valence-electron chi connectivity index (χ0n) is 18.1. The molecule has 0 bridgehead atoms. The number of nitrogen functional groups attached to an aromatic ring is 1. The molecule has 3 heterocycles. The van der Waals surface area contributed by atoms with E-state index >= 15 is 0 Å². The van der Waals surface area contributed by atoms with E-state index in [0.717, 1.165) is 29.7 Å². The molecule has 0 spiro atoms. The summed E-state index contributed by atoms with van der Waals surface area (Å²) in [6, 6.07) is 5.31. The maximum Gasteiger partial charge on any atom is 0.330 e. The Morgan fingerprint density at radius 3 is 2.71 bits per heavy atom. The molecule has 1 amide bonds. The number of nitrogens with two attached hydrogens (primary N) is 1. The van der Waals surface area contributed by atoms with E-state index in [0.29, 0.717) is 23.6 Å². The van der Waals surface area contributed by atoms with Gasteiger partial charge < -0.3 is 10.2 Å². The molecule has 9 heteroatoms. The van der Waals surface area contributed by atoms with Crippen molar-refractivity contribution in [2.45, 2.75) is 59.5 Å². The minimum atomic E-state index is -0.697. The first kappa shape index (κ1) is 22.6. The summed E-state index contributed by atoms with van der Waals surface area (Å²) < 4.78 is 6.74. The number of nitrogens with one attached hydrogen (secondary N) is 1. The van der Waals surface area contributed by atoms with Gasteiger partial charge in [-0.3, -0.25) is 24.0 Å². The van der Waals surface area contributed by atoms with Crippen molar-refractivity contribution in [3.05, 3.63) is 66.4 Å². The number of hydrogen-bond acceptors (Lipinski definition) is 6. The van der Waals surface area contributed by atoms with Gasteiger partial charge in [0.15, 0.2) is 5.69 Å². The van der Waals surface area contributed by atoms with Crippen LogP contribution in [-0.2, 0) is 19.5 Å². The lowest BCUT2D eigenvalue weighted by atomic mass is 10.1. The molecule has 3 aromatic heterocycles. The van der Waals surface area contributed by atoms with Crippen LogP contribution >= 0.6 is 11.3 Å². The number of aryl methyl sites for hydroxylation is 2. The van der Waals surface area contributed by atoms with Crippen molar-refractivity contribution in [1.82, 2.24) is 9.55 Å². The molecule has 3 N–H and O–H groups in total. The molecule has 31 heavy (non-hydrogen) atoms. The van der Waals surface area contributed by atoms with Crippen molar-refractivity contribution in [3.8, 4) is 0 Å². The molecule has 8 nitrogen and oxygen atoms in total. The second-order valence-corrected chi connectivity index (χ2v) is 8.67. The molecule has 0 atom stereocenters. The van der Waals surface area contributed by atoms with E-state index in [9.17, 15) is 14.4 Å². The van der Waals surface area contributed by atoms with Crippen molar-refractivity contribution in [1.29, 1.82) is 0 Å². The monoisotopic (exact) mass is 444 g/mol. The fourth-order valence-electron chi connectivity index (χ4n) is 3.46. The van der Waals surface area contributed by atoms with Crippen LogP contribution in [0.3, 0.4) is 0 Å². The second-order valence-electron chi connectivity index (χ2n) is 7.41. The topological polar surface area (TPSA) is 114 Å². The number of furan rings is 1. The summed E-state index contributed by atoms with van der Waals surface area (Å²) in [7, 11) is 0. The van der Waals surface area contributed by atoms with Gasteiger partial charge in [-0.1, -0.05) is 26.7 Å². The van der Waals surface area contributed by atoms with Crippen LogP contribution in [0.1, 0.15) is 59.0 Å². The average molecular weight is 445 g/mol. The number of amides is 1. The molecule has 166 valence electrons. The zero-order valence-corrected chi connectivity index (χ0v) is 18.9. The van der Waals surface area contributed by atoms with E-state index in [1.807, 2.05) is 19.9 Å². The summed E-state index contributed by atoms with van der Waals surface area (Å²) in [6.07, 6.45) is 4.91. The highest BCUT2D eigenvalue weighted by Gasteiger charge is 2.27. The van der Waals surface area contributed by atoms with Crippen molar-refractivity contribution in [3.63, 3.8) is 0 Å². The average Bonchev–Trinajstić information content (AvgIpc) is 3.36. The fraction of sp³-hybridized carbons (Fsp3) is 0.409. The summed E-state index contributed by atoms with van der Waals surface area (Å²) in [5.74, 6) is 0.120. The van der Waals surface area contributed by atoms with Gasteiger partial charge >= 0.3 is 5.69 Å². The van der Waals surface area contributed by atoms with Crippen LogP contribution in [0.4, 0.5) is 11.5 Å². The predicted octanol–water partition coefficient (Wildman–Crippen LogP) is 3.68. The summed E-state index contributed by atoms with van der Waals surface area (Å²) >= 11 is 1.39. The van der Waals surface area contributed by atoms with Gasteiger partial charge in [0.2, 0.25) is 0 Å². The predicted molar refractivity (Wildman–Crippen MR) is 123 cm³/mol. The quantitative estimate of drug-likeness (QED) is 0.522. The maximum atomic E-state index is 13.6. The van der Waals surface area contributed by atoms with Crippen LogP contribution in [0.2, 0.25) is 0 Å². The van der Waals surface area contributed by atoms with Gasteiger partial charge in [0.1, 0.15) is 11.6 Å². The Balaban J connectivity index is 2.12. The van der Waals surface area contributed by atoms with E-state index in [4.69, 9.17) is 10.2 Å². The molecule has 0 aliphatic carbocycles. The lowest BCUT2D eigenvalue weighted by Crippen LogP contribution is -2.40. The van der Waals surface area contributed by atoms with Crippen LogP contribution in [0, 0.1) is 6.92 Å². The number of rotatable bonds is 9. The first-order chi connectivity index (χ1) is 14.9. The molecule has 0 fully saturated rings. The second kappa shape index (κ2) is 9.82. The first-order valence-corrected chi connectivity index (χ1v) is 11.2. The number of thiophene rings is 1. The van der Waals surface area contributed by atoms with Crippen LogP contribution < -0.4 is 21.9 Å². The van der Waals surface area contributed by atoms with Crippen LogP contribution in [0.5, 0.6) is 0 Å². The van der Waals surface area contributed by atoms with Gasteiger partial charge in [-0.2, -0.15) is 0 Å². The van der Waals surface area contributed by atoms with Gasteiger partial charge in [-0.25, -0.2) is 4.79 Å². The number of H-pyrrole nitrogens is 1. The van der Waals surface area contributed by atoms with E-state index < -0.39 is 11.2 Å². The lowest BCUT2D eigenvalue weighted by Gasteiger charge is -2.23. The third-order valence-electron chi connectivity index (χ3n) is 5.11.